The zero-order valence-electron chi connectivity index (χ0n) is 13.4. The van der Waals surface area contributed by atoms with Crippen LogP contribution in [0, 0.1) is 0 Å². The van der Waals surface area contributed by atoms with Crippen LogP contribution in [0.4, 0.5) is 18.9 Å². The van der Waals surface area contributed by atoms with E-state index in [1.54, 1.807) is 24.3 Å². The highest BCUT2D eigenvalue weighted by molar-refractivity contribution is 6.31. The standard InChI is InChI=1S/C18H10Cl2F3N3O/c19-12-3-1-10(2-4-12)16-24-8-11(9-25-16)17(27)26-13-5-6-15(20)14(7-13)18(21,22)23/h1-9H,(H,26,27). The minimum absolute atomic E-state index is 0.0431. The number of benzene rings is 2. The molecule has 0 radical (unpaired) electrons. The van der Waals surface area contributed by atoms with E-state index in [2.05, 4.69) is 15.3 Å². The van der Waals surface area contributed by atoms with Crippen LogP contribution in [0.1, 0.15) is 15.9 Å². The summed E-state index contributed by atoms with van der Waals surface area (Å²) in [6.07, 6.45) is -2.05. The van der Waals surface area contributed by atoms with Gasteiger partial charge in [-0.1, -0.05) is 23.2 Å². The van der Waals surface area contributed by atoms with Crippen LogP contribution in [0.15, 0.2) is 54.9 Å². The maximum Gasteiger partial charge on any atom is 0.417 e. The van der Waals surface area contributed by atoms with Crippen molar-refractivity contribution in [1.82, 2.24) is 9.97 Å². The molecule has 4 nitrogen and oxygen atoms in total. The van der Waals surface area contributed by atoms with Crippen molar-refractivity contribution in [1.29, 1.82) is 0 Å². The summed E-state index contributed by atoms with van der Waals surface area (Å²) in [5.41, 5.74) is -0.273. The van der Waals surface area contributed by atoms with Gasteiger partial charge in [0.1, 0.15) is 0 Å². The summed E-state index contributed by atoms with van der Waals surface area (Å²) in [5.74, 6) is -0.262. The van der Waals surface area contributed by atoms with Gasteiger partial charge in [-0.2, -0.15) is 13.2 Å². The molecule has 9 heteroatoms. The molecule has 1 N–H and O–H groups in total. The highest BCUT2D eigenvalue weighted by Crippen LogP contribution is 2.36. The van der Waals surface area contributed by atoms with Gasteiger partial charge in [-0.05, 0) is 42.5 Å². The average Bonchev–Trinajstić information content (AvgIpc) is 2.63. The molecule has 0 bridgehead atoms. The first-order valence-electron chi connectivity index (χ1n) is 7.50. The largest absolute Gasteiger partial charge is 0.417 e. The summed E-state index contributed by atoms with van der Waals surface area (Å²) in [6.45, 7) is 0. The molecule has 3 aromatic rings. The molecule has 0 aliphatic heterocycles. The predicted octanol–water partition coefficient (Wildman–Crippen LogP) is 5.72. The van der Waals surface area contributed by atoms with Gasteiger partial charge in [-0.3, -0.25) is 4.79 Å². The molecule has 0 saturated carbocycles. The molecule has 0 atom stereocenters. The van der Waals surface area contributed by atoms with Crippen LogP contribution in [0.3, 0.4) is 0 Å². The van der Waals surface area contributed by atoms with Crippen molar-refractivity contribution in [2.24, 2.45) is 0 Å². The quantitative estimate of drug-likeness (QED) is 0.599. The van der Waals surface area contributed by atoms with Crippen LogP contribution < -0.4 is 5.32 Å². The number of amides is 1. The molecule has 0 saturated heterocycles. The summed E-state index contributed by atoms with van der Waals surface area (Å²) in [6, 6.07) is 9.93. The molecule has 27 heavy (non-hydrogen) atoms. The molecule has 2 aromatic carbocycles. The maximum absolute atomic E-state index is 12.9. The van der Waals surface area contributed by atoms with Crippen molar-refractivity contribution in [2.45, 2.75) is 6.18 Å². The summed E-state index contributed by atoms with van der Waals surface area (Å²) in [4.78, 5) is 20.4. The minimum atomic E-state index is -4.62. The molecule has 0 aliphatic carbocycles. The van der Waals surface area contributed by atoms with E-state index in [9.17, 15) is 18.0 Å². The van der Waals surface area contributed by atoms with Crippen LogP contribution in [0.25, 0.3) is 11.4 Å². The number of nitrogens with one attached hydrogen (secondary N) is 1. The van der Waals surface area contributed by atoms with Gasteiger partial charge < -0.3 is 5.32 Å². The number of aromatic nitrogens is 2. The first kappa shape index (κ1) is 19.1. The van der Waals surface area contributed by atoms with E-state index in [1.807, 2.05) is 0 Å². The molecular weight excluding hydrogens is 402 g/mol. The van der Waals surface area contributed by atoms with Gasteiger partial charge in [0, 0.05) is 28.7 Å². The van der Waals surface area contributed by atoms with E-state index < -0.39 is 22.7 Å². The van der Waals surface area contributed by atoms with Gasteiger partial charge in [0.05, 0.1) is 16.1 Å². The third-order valence-corrected chi connectivity index (χ3v) is 4.13. The van der Waals surface area contributed by atoms with Crippen LogP contribution in [0.5, 0.6) is 0 Å². The van der Waals surface area contributed by atoms with Gasteiger partial charge in [-0.15, -0.1) is 0 Å². The number of halogens is 5. The second-order valence-corrected chi connectivity index (χ2v) is 6.29. The lowest BCUT2D eigenvalue weighted by molar-refractivity contribution is -0.137. The number of hydrogen-bond acceptors (Lipinski definition) is 3. The second kappa shape index (κ2) is 7.54. The number of rotatable bonds is 3. The van der Waals surface area contributed by atoms with Crippen molar-refractivity contribution in [3.05, 3.63) is 76.0 Å². The fourth-order valence-corrected chi connectivity index (χ4v) is 2.57. The predicted molar refractivity (Wildman–Crippen MR) is 96.9 cm³/mol. The summed E-state index contributed by atoms with van der Waals surface area (Å²) >= 11 is 11.4. The molecule has 0 spiro atoms. The van der Waals surface area contributed by atoms with E-state index in [1.165, 1.54) is 18.5 Å². The van der Waals surface area contributed by atoms with Crippen molar-refractivity contribution < 1.29 is 18.0 Å². The molecule has 0 unspecified atom stereocenters. The Morgan fingerprint density at radius 1 is 0.963 bits per heavy atom. The topological polar surface area (TPSA) is 54.9 Å². The minimum Gasteiger partial charge on any atom is -0.322 e. The Bertz CT molecular complexity index is 975. The molecule has 0 aliphatic rings. The second-order valence-electron chi connectivity index (χ2n) is 5.45. The molecule has 3 rings (SSSR count). The number of anilines is 1. The highest BCUT2D eigenvalue weighted by atomic mass is 35.5. The van der Waals surface area contributed by atoms with Gasteiger partial charge >= 0.3 is 6.18 Å². The van der Waals surface area contributed by atoms with Crippen LogP contribution >= 0.6 is 23.2 Å². The van der Waals surface area contributed by atoms with Gasteiger partial charge in [0.25, 0.3) is 5.91 Å². The normalized spacial score (nSPS) is 11.3. The Labute approximate surface area is 162 Å². The van der Waals surface area contributed by atoms with E-state index in [-0.39, 0.29) is 11.3 Å². The Morgan fingerprint density at radius 3 is 2.19 bits per heavy atom. The van der Waals surface area contributed by atoms with Crippen molar-refractivity contribution in [3.63, 3.8) is 0 Å². The third-order valence-electron chi connectivity index (χ3n) is 3.55. The van der Waals surface area contributed by atoms with E-state index in [4.69, 9.17) is 23.2 Å². The van der Waals surface area contributed by atoms with Crippen LogP contribution in [-0.4, -0.2) is 15.9 Å². The van der Waals surface area contributed by atoms with Crippen LogP contribution in [0.2, 0.25) is 10.0 Å². The number of carbonyl (C=O) groups excluding carboxylic acids is 1. The lowest BCUT2D eigenvalue weighted by atomic mass is 10.2. The molecule has 1 heterocycles. The summed E-state index contributed by atoms with van der Waals surface area (Å²) < 4.78 is 38.7. The van der Waals surface area contributed by atoms with E-state index >= 15 is 0 Å². The number of hydrogen-bond donors (Lipinski definition) is 1. The molecule has 1 aromatic heterocycles. The molecule has 138 valence electrons. The number of alkyl halides is 3. The smallest absolute Gasteiger partial charge is 0.322 e. The monoisotopic (exact) mass is 411 g/mol. The number of nitrogens with zero attached hydrogens (tertiary/aromatic N) is 2. The van der Waals surface area contributed by atoms with E-state index in [0.29, 0.717) is 16.4 Å². The first-order valence-corrected chi connectivity index (χ1v) is 8.26. The Hall–Kier alpha value is -2.64. The fourth-order valence-electron chi connectivity index (χ4n) is 2.22. The van der Waals surface area contributed by atoms with Gasteiger partial charge in [0.15, 0.2) is 5.82 Å². The van der Waals surface area contributed by atoms with Crippen LogP contribution in [-0.2, 0) is 6.18 Å². The first-order chi connectivity index (χ1) is 12.7. The van der Waals surface area contributed by atoms with Crippen molar-refractivity contribution in [3.8, 4) is 11.4 Å². The molecule has 0 fully saturated rings. The Balaban J connectivity index is 1.78. The molecular formula is C18H10Cl2F3N3O. The van der Waals surface area contributed by atoms with E-state index in [0.717, 1.165) is 12.1 Å². The van der Waals surface area contributed by atoms with Crippen molar-refractivity contribution in [2.75, 3.05) is 5.32 Å². The van der Waals surface area contributed by atoms with Gasteiger partial charge in [-0.25, -0.2) is 9.97 Å². The zero-order chi connectivity index (χ0) is 19.6. The highest BCUT2D eigenvalue weighted by Gasteiger charge is 2.33. The number of carbonyl (C=O) groups is 1. The Morgan fingerprint density at radius 2 is 1.59 bits per heavy atom. The fraction of sp³-hybridized carbons (Fsp3) is 0.0556. The Kier molecular flexibility index (Phi) is 5.34. The lowest BCUT2D eigenvalue weighted by Crippen LogP contribution is -2.14. The van der Waals surface area contributed by atoms with Crippen molar-refractivity contribution >= 4 is 34.8 Å². The van der Waals surface area contributed by atoms with Gasteiger partial charge in [0.2, 0.25) is 0 Å². The maximum atomic E-state index is 12.9. The summed E-state index contributed by atoms with van der Waals surface area (Å²) in [5, 5.41) is 2.49. The average molecular weight is 412 g/mol. The summed E-state index contributed by atoms with van der Waals surface area (Å²) in [7, 11) is 0. The molecule has 1 amide bonds. The lowest BCUT2D eigenvalue weighted by Gasteiger charge is -2.11. The third kappa shape index (κ3) is 4.56. The SMILES string of the molecule is O=C(Nc1ccc(Cl)c(C(F)(F)F)c1)c1cnc(-c2ccc(Cl)cc2)nc1. The zero-order valence-corrected chi connectivity index (χ0v) is 14.9.